The molecule has 3 nitrogen and oxygen atoms in total. The number of nitrogens with zero attached hydrogens (tertiary/aromatic N) is 1. The summed E-state index contributed by atoms with van der Waals surface area (Å²) in [5.74, 6) is -0.996. The maximum absolute atomic E-state index is 11.6. The quantitative estimate of drug-likeness (QED) is 0.518. The molecule has 1 N–H and O–H groups in total. The highest BCUT2D eigenvalue weighted by atomic mass is 79.9. The Balaban J connectivity index is 1.69. The summed E-state index contributed by atoms with van der Waals surface area (Å²) in [5, 5.41) is 9.55. The number of likely N-dealkylation sites (tertiary alicyclic amines) is 1. The van der Waals surface area contributed by atoms with Crippen molar-refractivity contribution in [2.24, 2.45) is 5.92 Å². The van der Waals surface area contributed by atoms with Crippen molar-refractivity contribution < 1.29 is 9.90 Å². The van der Waals surface area contributed by atoms with Crippen molar-refractivity contribution >= 4 is 21.9 Å². The molecule has 0 saturated carbocycles. The van der Waals surface area contributed by atoms with E-state index >= 15 is 0 Å². The van der Waals surface area contributed by atoms with Gasteiger partial charge >= 0.3 is 5.97 Å². The van der Waals surface area contributed by atoms with Gasteiger partial charge in [-0.2, -0.15) is 0 Å². The zero-order valence-electron chi connectivity index (χ0n) is 16.2. The van der Waals surface area contributed by atoms with Gasteiger partial charge in [0.25, 0.3) is 0 Å². The predicted molar refractivity (Wildman–Crippen MR) is 120 cm³/mol. The zero-order chi connectivity index (χ0) is 20.2. The highest BCUT2D eigenvalue weighted by Gasteiger charge is 2.31. The summed E-state index contributed by atoms with van der Waals surface area (Å²) >= 11 is 3.59. The molecule has 1 aliphatic heterocycles. The molecule has 1 heterocycles. The number of rotatable bonds is 5. The molecule has 29 heavy (non-hydrogen) atoms. The van der Waals surface area contributed by atoms with Crippen molar-refractivity contribution in [1.82, 2.24) is 4.90 Å². The molecule has 0 aromatic heterocycles. The summed E-state index contributed by atoms with van der Waals surface area (Å²) in [6.45, 7) is 1.48. The molecule has 1 fully saturated rings. The molecule has 3 aromatic rings. The molecule has 4 rings (SSSR count). The Kier molecular flexibility index (Phi) is 6.12. The van der Waals surface area contributed by atoms with Crippen molar-refractivity contribution in [2.75, 3.05) is 13.1 Å². The second-order valence-electron chi connectivity index (χ2n) is 7.62. The molecule has 2 atom stereocenters. The van der Waals surface area contributed by atoms with E-state index in [9.17, 15) is 9.90 Å². The number of piperidine rings is 1. The van der Waals surface area contributed by atoms with Gasteiger partial charge in [0.1, 0.15) is 0 Å². The Morgan fingerprint density at radius 1 is 0.931 bits per heavy atom. The van der Waals surface area contributed by atoms with Crippen LogP contribution in [0.25, 0.3) is 11.1 Å². The first-order valence-electron chi connectivity index (χ1n) is 9.99. The third-order valence-electron chi connectivity index (χ3n) is 5.67. The van der Waals surface area contributed by atoms with E-state index in [1.54, 1.807) is 0 Å². The summed E-state index contributed by atoms with van der Waals surface area (Å²) in [6.07, 6.45) is 1.66. The lowest BCUT2D eigenvalue weighted by atomic mass is 9.90. The number of halogens is 1. The van der Waals surface area contributed by atoms with Crippen LogP contribution in [-0.4, -0.2) is 29.1 Å². The van der Waals surface area contributed by atoms with Gasteiger partial charge in [-0.3, -0.25) is 9.69 Å². The van der Waals surface area contributed by atoms with Crippen LogP contribution in [0.15, 0.2) is 83.3 Å². The number of benzene rings is 3. The van der Waals surface area contributed by atoms with Crippen LogP contribution in [0, 0.1) is 5.92 Å². The number of carboxylic acids is 1. The monoisotopic (exact) mass is 449 g/mol. The maximum atomic E-state index is 11.6. The van der Waals surface area contributed by atoms with Crippen molar-refractivity contribution in [3.8, 4) is 11.1 Å². The van der Waals surface area contributed by atoms with Gasteiger partial charge in [0, 0.05) is 11.0 Å². The fourth-order valence-corrected chi connectivity index (χ4v) is 4.64. The molecule has 1 saturated heterocycles. The van der Waals surface area contributed by atoms with Gasteiger partial charge in [0.15, 0.2) is 0 Å². The van der Waals surface area contributed by atoms with Crippen molar-refractivity contribution in [2.45, 2.75) is 18.9 Å². The zero-order valence-corrected chi connectivity index (χ0v) is 17.8. The summed E-state index contributed by atoms with van der Waals surface area (Å²) in [5.41, 5.74) is 4.75. The minimum absolute atomic E-state index is 0.0412. The van der Waals surface area contributed by atoms with Gasteiger partial charge in [-0.05, 0) is 53.8 Å². The van der Waals surface area contributed by atoms with E-state index in [1.165, 1.54) is 22.3 Å². The van der Waals surface area contributed by atoms with Gasteiger partial charge in [0.05, 0.1) is 12.0 Å². The lowest BCUT2D eigenvalue weighted by Crippen LogP contribution is -2.41. The van der Waals surface area contributed by atoms with Crippen LogP contribution in [0.5, 0.6) is 0 Å². The summed E-state index contributed by atoms with van der Waals surface area (Å²) in [7, 11) is 0. The number of hydrogen-bond acceptors (Lipinski definition) is 2. The molecule has 0 bridgehead atoms. The van der Waals surface area contributed by atoms with Gasteiger partial charge < -0.3 is 5.11 Å². The van der Waals surface area contributed by atoms with Crippen LogP contribution < -0.4 is 0 Å². The molecule has 0 radical (unpaired) electrons. The number of aliphatic carboxylic acids is 1. The Hall–Kier alpha value is -2.43. The average molecular weight is 450 g/mol. The van der Waals surface area contributed by atoms with Crippen LogP contribution in [0.2, 0.25) is 0 Å². The topological polar surface area (TPSA) is 40.5 Å². The molecule has 1 aliphatic rings. The van der Waals surface area contributed by atoms with Crippen LogP contribution in [0.4, 0.5) is 0 Å². The molecule has 0 spiro atoms. The molecule has 3 aromatic carbocycles. The van der Waals surface area contributed by atoms with Crippen LogP contribution in [-0.2, 0) is 4.79 Å². The second-order valence-corrected chi connectivity index (χ2v) is 8.53. The van der Waals surface area contributed by atoms with E-state index in [0.717, 1.165) is 23.9 Å². The first-order chi connectivity index (χ1) is 14.1. The van der Waals surface area contributed by atoms with E-state index in [0.29, 0.717) is 6.54 Å². The van der Waals surface area contributed by atoms with Crippen molar-refractivity contribution in [3.05, 3.63) is 94.5 Å². The molecule has 0 aliphatic carbocycles. The second kappa shape index (κ2) is 8.93. The third kappa shape index (κ3) is 4.60. The molecule has 148 valence electrons. The van der Waals surface area contributed by atoms with Crippen molar-refractivity contribution in [3.63, 3.8) is 0 Å². The van der Waals surface area contributed by atoms with Gasteiger partial charge in [0.2, 0.25) is 0 Å². The standard InChI is InChI=1S/C25H24BrNO2/c26-23-10-4-8-21(16-23)24(27-15-5-9-22(17-27)25(28)29)20-13-11-19(12-14-20)18-6-2-1-3-7-18/h1-4,6-8,10-14,16,22,24H,5,9,15,17H2,(H,28,29). The normalized spacial score (nSPS) is 18.3. The van der Waals surface area contributed by atoms with Gasteiger partial charge in [-0.1, -0.05) is 82.7 Å². The smallest absolute Gasteiger partial charge is 0.307 e. The average Bonchev–Trinajstić information content (AvgIpc) is 2.75. The Morgan fingerprint density at radius 2 is 1.66 bits per heavy atom. The molecule has 2 unspecified atom stereocenters. The molecule has 0 amide bonds. The van der Waals surface area contributed by atoms with E-state index in [1.807, 2.05) is 30.3 Å². The minimum atomic E-state index is -0.692. The third-order valence-corrected chi connectivity index (χ3v) is 6.16. The van der Waals surface area contributed by atoms with Gasteiger partial charge in [-0.15, -0.1) is 0 Å². The van der Waals surface area contributed by atoms with E-state index in [2.05, 4.69) is 69.4 Å². The van der Waals surface area contributed by atoms with Gasteiger partial charge in [-0.25, -0.2) is 0 Å². The number of carbonyl (C=O) groups is 1. The lowest BCUT2D eigenvalue weighted by Gasteiger charge is -2.37. The van der Waals surface area contributed by atoms with Crippen LogP contribution in [0.3, 0.4) is 0 Å². The number of hydrogen-bond donors (Lipinski definition) is 1. The summed E-state index contributed by atoms with van der Waals surface area (Å²) < 4.78 is 1.03. The molecular formula is C25H24BrNO2. The fourth-order valence-electron chi connectivity index (χ4n) is 4.22. The van der Waals surface area contributed by atoms with Crippen molar-refractivity contribution in [1.29, 1.82) is 0 Å². The lowest BCUT2D eigenvalue weighted by molar-refractivity contribution is -0.143. The SMILES string of the molecule is O=C(O)C1CCCN(C(c2ccc(-c3ccccc3)cc2)c2cccc(Br)c2)C1. The minimum Gasteiger partial charge on any atom is -0.481 e. The van der Waals surface area contributed by atoms with Crippen LogP contribution >= 0.6 is 15.9 Å². The maximum Gasteiger partial charge on any atom is 0.307 e. The fraction of sp³-hybridized carbons (Fsp3) is 0.240. The first-order valence-corrected chi connectivity index (χ1v) is 10.8. The molecular weight excluding hydrogens is 426 g/mol. The highest BCUT2D eigenvalue weighted by molar-refractivity contribution is 9.10. The molecule has 4 heteroatoms. The van der Waals surface area contributed by atoms with Crippen LogP contribution in [0.1, 0.15) is 30.0 Å². The van der Waals surface area contributed by atoms with E-state index in [-0.39, 0.29) is 12.0 Å². The predicted octanol–water partition coefficient (Wildman–Crippen LogP) is 6.00. The van der Waals surface area contributed by atoms with E-state index in [4.69, 9.17) is 0 Å². The largest absolute Gasteiger partial charge is 0.481 e. The Bertz CT molecular complexity index is 972. The summed E-state index contributed by atoms with van der Waals surface area (Å²) in [4.78, 5) is 13.9. The Morgan fingerprint density at radius 3 is 2.34 bits per heavy atom. The van der Waals surface area contributed by atoms with E-state index < -0.39 is 5.97 Å². The Labute approximate surface area is 180 Å². The summed E-state index contributed by atoms with van der Waals surface area (Å²) in [6, 6.07) is 27.4. The first kappa shape index (κ1) is 19.9. The highest BCUT2D eigenvalue weighted by Crippen LogP contribution is 2.34. The number of carboxylic acid groups (broad SMARTS) is 1.